The van der Waals surface area contributed by atoms with Crippen LogP contribution < -0.4 is 16.4 Å². The molecule has 0 unspecified atom stereocenters. The summed E-state index contributed by atoms with van der Waals surface area (Å²) in [6.07, 6.45) is 0. The topological polar surface area (TPSA) is 84.2 Å². The molecule has 0 fully saturated rings. The molecule has 2 aromatic rings. The summed E-state index contributed by atoms with van der Waals surface area (Å²) in [6.45, 7) is 1.64. The Morgan fingerprint density at radius 1 is 1.00 bits per heavy atom. The zero-order valence-electron chi connectivity index (χ0n) is 12.6. The predicted octanol–water partition coefficient (Wildman–Crippen LogP) is 4.18. The number of rotatable bonds is 5. The monoisotopic (exact) mass is 385 g/mol. The highest BCUT2D eigenvalue weighted by molar-refractivity contribution is 6.44. The van der Waals surface area contributed by atoms with Crippen molar-refractivity contribution in [2.45, 2.75) is 13.0 Å². The minimum Gasteiger partial charge on any atom is -0.373 e. The summed E-state index contributed by atoms with van der Waals surface area (Å²) < 4.78 is 0. The SMILES string of the molecule is C[C@H](Nc1ccccc1C(N)=O)C(=O)Nc1cc(Cl)c(Cl)cc1Cl. The van der Waals surface area contributed by atoms with Gasteiger partial charge in [-0.2, -0.15) is 0 Å². The standard InChI is InChI=1S/C16H14Cl3N3O2/c1-8(21-13-5-3-2-4-9(13)15(20)23)16(24)22-14-7-11(18)10(17)6-12(14)19/h2-8,21H,1H3,(H2,20,23)(H,22,24)/t8-/m0/s1. The lowest BCUT2D eigenvalue weighted by atomic mass is 10.1. The van der Waals surface area contributed by atoms with Crippen molar-refractivity contribution in [3.63, 3.8) is 0 Å². The zero-order valence-corrected chi connectivity index (χ0v) is 14.8. The number of nitrogens with one attached hydrogen (secondary N) is 2. The van der Waals surface area contributed by atoms with Gasteiger partial charge in [0.2, 0.25) is 5.91 Å². The fraction of sp³-hybridized carbons (Fsp3) is 0.125. The van der Waals surface area contributed by atoms with Gasteiger partial charge in [-0.1, -0.05) is 46.9 Å². The number of nitrogens with two attached hydrogens (primary N) is 1. The second kappa shape index (κ2) is 7.75. The zero-order chi connectivity index (χ0) is 17.9. The van der Waals surface area contributed by atoms with Crippen molar-refractivity contribution in [2.24, 2.45) is 5.73 Å². The molecule has 0 saturated carbocycles. The minimum atomic E-state index is -0.656. The lowest BCUT2D eigenvalue weighted by Gasteiger charge is -2.17. The molecule has 0 aliphatic rings. The van der Waals surface area contributed by atoms with Crippen molar-refractivity contribution < 1.29 is 9.59 Å². The van der Waals surface area contributed by atoms with E-state index in [4.69, 9.17) is 40.5 Å². The second-order valence-electron chi connectivity index (χ2n) is 5.01. The Balaban J connectivity index is 2.14. The molecule has 0 aromatic heterocycles. The normalized spacial score (nSPS) is 11.7. The number of para-hydroxylation sites is 1. The molecule has 0 spiro atoms. The molecule has 2 aromatic carbocycles. The number of benzene rings is 2. The summed E-state index contributed by atoms with van der Waals surface area (Å²) in [5.41, 5.74) is 6.42. The summed E-state index contributed by atoms with van der Waals surface area (Å²) in [5, 5.41) is 6.43. The van der Waals surface area contributed by atoms with Crippen LogP contribution in [0.2, 0.25) is 15.1 Å². The fourth-order valence-electron chi connectivity index (χ4n) is 1.98. The lowest BCUT2D eigenvalue weighted by molar-refractivity contribution is -0.116. The highest BCUT2D eigenvalue weighted by Gasteiger charge is 2.17. The molecule has 126 valence electrons. The Kier molecular flexibility index (Phi) is 5.94. The summed E-state index contributed by atoms with van der Waals surface area (Å²) in [4.78, 5) is 23.7. The van der Waals surface area contributed by atoms with Crippen LogP contribution in [0.3, 0.4) is 0 Å². The molecule has 0 aliphatic heterocycles. The molecule has 5 nitrogen and oxygen atoms in total. The van der Waals surface area contributed by atoms with Crippen LogP contribution in [0, 0.1) is 0 Å². The maximum Gasteiger partial charge on any atom is 0.250 e. The Bertz CT molecular complexity index is 796. The van der Waals surface area contributed by atoms with E-state index in [1.165, 1.54) is 12.1 Å². The van der Waals surface area contributed by atoms with E-state index in [-0.39, 0.29) is 16.0 Å². The van der Waals surface area contributed by atoms with Crippen LogP contribution in [-0.2, 0) is 4.79 Å². The van der Waals surface area contributed by atoms with Crippen LogP contribution in [-0.4, -0.2) is 17.9 Å². The molecule has 1 atom stereocenters. The van der Waals surface area contributed by atoms with E-state index in [0.717, 1.165) is 0 Å². The molecular weight excluding hydrogens is 373 g/mol. The number of carbonyl (C=O) groups is 2. The number of carbonyl (C=O) groups excluding carboxylic acids is 2. The highest BCUT2D eigenvalue weighted by atomic mass is 35.5. The van der Waals surface area contributed by atoms with Gasteiger partial charge >= 0.3 is 0 Å². The molecule has 24 heavy (non-hydrogen) atoms. The first kappa shape index (κ1) is 18.4. The summed E-state index contributed by atoms with van der Waals surface area (Å²) >= 11 is 17.8. The average Bonchev–Trinajstić information content (AvgIpc) is 2.52. The van der Waals surface area contributed by atoms with E-state index < -0.39 is 11.9 Å². The third-order valence-electron chi connectivity index (χ3n) is 3.23. The van der Waals surface area contributed by atoms with Gasteiger partial charge < -0.3 is 16.4 Å². The second-order valence-corrected chi connectivity index (χ2v) is 6.23. The Morgan fingerprint density at radius 2 is 1.62 bits per heavy atom. The van der Waals surface area contributed by atoms with E-state index >= 15 is 0 Å². The fourth-order valence-corrected chi connectivity index (χ4v) is 2.58. The summed E-state index contributed by atoms with van der Waals surface area (Å²) in [6, 6.07) is 8.91. The van der Waals surface area contributed by atoms with Gasteiger partial charge in [0, 0.05) is 5.69 Å². The first-order valence-corrected chi connectivity index (χ1v) is 8.03. The molecule has 0 aliphatic carbocycles. The number of amides is 2. The van der Waals surface area contributed by atoms with Gasteiger partial charge in [0.05, 0.1) is 26.3 Å². The largest absolute Gasteiger partial charge is 0.373 e. The summed E-state index contributed by atoms with van der Waals surface area (Å²) in [7, 11) is 0. The van der Waals surface area contributed by atoms with Crippen LogP contribution in [0.1, 0.15) is 17.3 Å². The molecule has 0 radical (unpaired) electrons. The van der Waals surface area contributed by atoms with E-state index in [1.54, 1.807) is 31.2 Å². The third kappa shape index (κ3) is 4.32. The molecule has 2 rings (SSSR count). The van der Waals surface area contributed by atoms with E-state index in [0.29, 0.717) is 22.0 Å². The number of halogens is 3. The van der Waals surface area contributed by atoms with Crippen LogP contribution in [0.25, 0.3) is 0 Å². The van der Waals surface area contributed by atoms with E-state index in [2.05, 4.69) is 10.6 Å². The van der Waals surface area contributed by atoms with Gasteiger partial charge in [-0.3, -0.25) is 9.59 Å². The first-order valence-electron chi connectivity index (χ1n) is 6.90. The highest BCUT2D eigenvalue weighted by Crippen LogP contribution is 2.32. The Labute approximate surface area is 154 Å². The number of primary amides is 1. The Morgan fingerprint density at radius 3 is 2.29 bits per heavy atom. The van der Waals surface area contributed by atoms with Crippen molar-refractivity contribution in [3.8, 4) is 0 Å². The molecular formula is C16H14Cl3N3O2. The van der Waals surface area contributed by atoms with Gasteiger partial charge in [-0.15, -0.1) is 0 Å². The van der Waals surface area contributed by atoms with Crippen LogP contribution in [0.5, 0.6) is 0 Å². The van der Waals surface area contributed by atoms with Gasteiger partial charge in [-0.25, -0.2) is 0 Å². The molecule has 0 bridgehead atoms. The lowest BCUT2D eigenvalue weighted by Crippen LogP contribution is -2.32. The summed E-state index contributed by atoms with van der Waals surface area (Å²) in [5.74, 6) is -0.951. The Hall–Kier alpha value is -1.95. The molecule has 0 heterocycles. The van der Waals surface area contributed by atoms with Crippen molar-refractivity contribution in [2.75, 3.05) is 10.6 Å². The van der Waals surface area contributed by atoms with Crippen LogP contribution in [0.4, 0.5) is 11.4 Å². The molecule has 8 heteroatoms. The van der Waals surface area contributed by atoms with Crippen molar-refractivity contribution in [1.82, 2.24) is 0 Å². The number of anilines is 2. The van der Waals surface area contributed by atoms with Gasteiger partial charge in [0.25, 0.3) is 5.91 Å². The molecule has 0 saturated heterocycles. The maximum absolute atomic E-state index is 12.3. The maximum atomic E-state index is 12.3. The van der Waals surface area contributed by atoms with Crippen molar-refractivity contribution in [1.29, 1.82) is 0 Å². The average molecular weight is 387 g/mol. The van der Waals surface area contributed by atoms with Crippen LogP contribution in [0.15, 0.2) is 36.4 Å². The van der Waals surface area contributed by atoms with Gasteiger partial charge in [-0.05, 0) is 31.2 Å². The van der Waals surface area contributed by atoms with Crippen molar-refractivity contribution in [3.05, 3.63) is 57.0 Å². The van der Waals surface area contributed by atoms with Crippen LogP contribution >= 0.6 is 34.8 Å². The van der Waals surface area contributed by atoms with E-state index in [1.807, 2.05) is 0 Å². The van der Waals surface area contributed by atoms with Crippen molar-refractivity contribution >= 4 is 58.0 Å². The molecule has 4 N–H and O–H groups in total. The van der Waals surface area contributed by atoms with E-state index in [9.17, 15) is 9.59 Å². The minimum absolute atomic E-state index is 0.266. The number of hydrogen-bond acceptors (Lipinski definition) is 3. The van der Waals surface area contributed by atoms with Gasteiger partial charge in [0.15, 0.2) is 0 Å². The van der Waals surface area contributed by atoms with Gasteiger partial charge in [0.1, 0.15) is 6.04 Å². The quantitative estimate of drug-likeness (QED) is 0.674. The smallest absolute Gasteiger partial charge is 0.250 e. The third-order valence-corrected chi connectivity index (χ3v) is 4.26. The molecule has 2 amide bonds. The predicted molar refractivity (Wildman–Crippen MR) is 98.1 cm³/mol. The number of hydrogen-bond donors (Lipinski definition) is 3. The first-order chi connectivity index (χ1) is 11.3.